The summed E-state index contributed by atoms with van der Waals surface area (Å²) in [5.74, 6) is 2.12. The summed E-state index contributed by atoms with van der Waals surface area (Å²) >= 11 is 0. The van der Waals surface area contributed by atoms with Gasteiger partial charge >= 0.3 is 0 Å². The maximum atomic E-state index is 13.1. The van der Waals surface area contributed by atoms with Gasteiger partial charge in [-0.3, -0.25) is 9.59 Å². The number of carbonyl (C=O) groups is 2. The van der Waals surface area contributed by atoms with Gasteiger partial charge < -0.3 is 19.3 Å². The molecule has 3 fully saturated rings. The van der Waals surface area contributed by atoms with E-state index in [0.29, 0.717) is 43.0 Å². The lowest BCUT2D eigenvalue weighted by molar-refractivity contribution is -0.140. The molecule has 1 aromatic rings. The average molecular weight is 429 g/mol. The first-order chi connectivity index (χ1) is 15.1. The highest BCUT2D eigenvalue weighted by Crippen LogP contribution is 2.26. The fourth-order valence-electron chi connectivity index (χ4n) is 4.96. The summed E-state index contributed by atoms with van der Waals surface area (Å²) in [5.41, 5.74) is 0.656. The lowest BCUT2D eigenvalue weighted by Crippen LogP contribution is -2.45. The maximum Gasteiger partial charge on any atom is 0.257 e. The number of ether oxygens (including phenoxy) is 2. The first-order valence-corrected chi connectivity index (χ1v) is 12.0. The molecule has 3 aliphatic heterocycles. The molecular formula is C25H36N2O4. The van der Waals surface area contributed by atoms with Crippen LogP contribution in [0, 0.1) is 17.8 Å². The number of benzene rings is 1. The number of likely N-dealkylation sites (tertiary alicyclic amines) is 2. The van der Waals surface area contributed by atoms with Gasteiger partial charge in [0.1, 0.15) is 5.75 Å². The van der Waals surface area contributed by atoms with E-state index in [0.717, 1.165) is 64.7 Å². The first kappa shape index (κ1) is 22.1. The van der Waals surface area contributed by atoms with Gasteiger partial charge in [-0.15, -0.1) is 0 Å². The zero-order valence-corrected chi connectivity index (χ0v) is 18.8. The Balaban J connectivity index is 1.33. The van der Waals surface area contributed by atoms with Crippen molar-refractivity contribution in [1.82, 2.24) is 9.80 Å². The quantitative estimate of drug-likeness (QED) is 0.719. The van der Waals surface area contributed by atoms with E-state index in [4.69, 9.17) is 9.47 Å². The zero-order valence-electron chi connectivity index (χ0n) is 18.8. The van der Waals surface area contributed by atoms with E-state index in [9.17, 15) is 9.59 Å². The molecule has 0 radical (unpaired) electrons. The van der Waals surface area contributed by atoms with Crippen molar-refractivity contribution >= 4 is 11.8 Å². The van der Waals surface area contributed by atoms with Gasteiger partial charge in [0.25, 0.3) is 5.91 Å². The van der Waals surface area contributed by atoms with Gasteiger partial charge in [-0.05, 0) is 56.6 Å². The van der Waals surface area contributed by atoms with Crippen molar-refractivity contribution in [1.29, 1.82) is 0 Å². The fraction of sp³-hybridized carbons (Fsp3) is 0.680. The Bertz CT molecular complexity index is 754. The topological polar surface area (TPSA) is 59.1 Å². The molecule has 0 aliphatic carbocycles. The Morgan fingerprint density at radius 1 is 1.00 bits per heavy atom. The molecule has 3 aliphatic rings. The van der Waals surface area contributed by atoms with Crippen molar-refractivity contribution in [2.75, 3.05) is 46.0 Å². The number of piperidine rings is 2. The Kier molecular flexibility index (Phi) is 7.49. The number of hydrogen-bond donors (Lipinski definition) is 0. The van der Waals surface area contributed by atoms with Gasteiger partial charge in [0.2, 0.25) is 5.91 Å². The largest absolute Gasteiger partial charge is 0.492 e. The molecule has 0 saturated carbocycles. The van der Waals surface area contributed by atoms with Crippen LogP contribution in [-0.2, 0) is 9.53 Å². The minimum Gasteiger partial charge on any atom is -0.492 e. The van der Waals surface area contributed by atoms with Crippen LogP contribution in [0.5, 0.6) is 5.75 Å². The van der Waals surface area contributed by atoms with E-state index < -0.39 is 0 Å². The molecule has 1 unspecified atom stereocenters. The van der Waals surface area contributed by atoms with E-state index in [1.54, 1.807) is 0 Å². The molecule has 170 valence electrons. The van der Waals surface area contributed by atoms with E-state index >= 15 is 0 Å². The minimum absolute atomic E-state index is 0.0717. The normalized spacial score (nSPS) is 23.6. The highest BCUT2D eigenvalue weighted by molar-refractivity contribution is 5.97. The van der Waals surface area contributed by atoms with Crippen LogP contribution in [-0.4, -0.2) is 67.6 Å². The van der Waals surface area contributed by atoms with E-state index in [1.807, 2.05) is 34.1 Å². The summed E-state index contributed by atoms with van der Waals surface area (Å²) in [6.07, 6.45) is 5.86. The molecule has 1 aromatic carbocycles. The van der Waals surface area contributed by atoms with E-state index in [1.165, 1.54) is 0 Å². The molecule has 4 rings (SSSR count). The third-order valence-corrected chi connectivity index (χ3v) is 7.06. The fourth-order valence-corrected chi connectivity index (χ4v) is 4.96. The van der Waals surface area contributed by atoms with Gasteiger partial charge in [-0.25, -0.2) is 0 Å². The second-order valence-electron chi connectivity index (χ2n) is 9.46. The van der Waals surface area contributed by atoms with Crippen molar-refractivity contribution in [3.63, 3.8) is 0 Å². The lowest BCUT2D eigenvalue weighted by atomic mass is 9.94. The van der Waals surface area contributed by atoms with Gasteiger partial charge in [0.05, 0.1) is 12.2 Å². The molecule has 0 aromatic heterocycles. The molecule has 0 bridgehead atoms. The summed E-state index contributed by atoms with van der Waals surface area (Å²) in [6.45, 7) is 7.40. The van der Waals surface area contributed by atoms with Crippen molar-refractivity contribution in [3.05, 3.63) is 29.8 Å². The molecule has 3 saturated heterocycles. The second kappa shape index (κ2) is 10.5. The lowest BCUT2D eigenvalue weighted by Gasteiger charge is -2.36. The van der Waals surface area contributed by atoms with Crippen LogP contribution in [0.25, 0.3) is 0 Å². The van der Waals surface area contributed by atoms with E-state index in [-0.39, 0.29) is 17.7 Å². The highest BCUT2D eigenvalue weighted by atomic mass is 16.5. The molecule has 0 N–H and O–H groups in total. The zero-order chi connectivity index (χ0) is 21.6. The third-order valence-electron chi connectivity index (χ3n) is 7.06. The molecule has 2 amide bonds. The SMILES string of the molecule is CC1CCN(C(=O)c2ccccc2OCC2CCCN(C(=O)C3CCOCC3)C2)CC1. The molecule has 31 heavy (non-hydrogen) atoms. The first-order valence-electron chi connectivity index (χ1n) is 12.0. The smallest absolute Gasteiger partial charge is 0.257 e. The standard InChI is InChI=1S/C25H36N2O4/c1-19-8-13-26(14-9-19)25(29)22-6-2-3-7-23(22)31-18-20-5-4-12-27(17-20)24(28)21-10-15-30-16-11-21/h2-3,6-7,19-21H,4-5,8-18H2,1H3. The van der Waals surface area contributed by atoms with Crippen LogP contribution in [0.3, 0.4) is 0 Å². The maximum absolute atomic E-state index is 13.1. The van der Waals surface area contributed by atoms with E-state index in [2.05, 4.69) is 6.92 Å². The van der Waals surface area contributed by atoms with Gasteiger partial charge in [0.15, 0.2) is 0 Å². The van der Waals surface area contributed by atoms with Gasteiger partial charge in [0, 0.05) is 51.2 Å². The molecule has 3 heterocycles. The summed E-state index contributed by atoms with van der Waals surface area (Å²) in [4.78, 5) is 30.0. The van der Waals surface area contributed by atoms with Crippen LogP contribution < -0.4 is 4.74 Å². The van der Waals surface area contributed by atoms with Crippen molar-refractivity contribution in [3.8, 4) is 5.75 Å². The molecule has 6 heteroatoms. The van der Waals surface area contributed by atoms with Gasteiger partial charge in [-0.1, -0.05) is 19.1 Å². The van der Waals surface area contributed by atoms with Crippen LogP contribution in [0.15, 0.2) is 24.3 Å². The second-order valence-corrected chi connectivity index (χ2v) is 9.46. The summed E-state index contributed by atoms with van der Waals surface area (Å²) in [7, 11) is 0. The molecule has 0 spiro atoms. The summed E-state index contributed by atoms with van der Waals surface area (Å²) < 4.78 is 11.6. The molecule has 1 atom stereocenters. The minimum atomic E-state index is 0.0717. The Morgan fingerprint density at radius 2 is 1.74 bits per heavy atom. The monoisotopic (exact) mass is 428 g/mol. The summed E-state index contributed by atoms with van der Waals surface area (Å²) in [6, 6.07) is 7.60. The predicted octanol–water partition coefficient (Wildman–Crippen LogP) is 3.60. The van der Waals surface area contributed by atoms with Crippen molar-refractivity contribution < 1.29 is 19.1 Å². The number of hydrogen-bond acceptors (Lipinski definition) is 4. The highest BCUT2D eigenvalue weighted by Gasteiger charge is 2.30. The summed E-state index contributed by atoms with van der Waals surface area (Å²) in [5, 5.41) is 0. The van der Waals surface area contributed by atoms with Crippen LogP contribution in [0.2, 0.25) is 0 Å². The van der Waals surface area contributed by atoms with Crippen molar-refractivity contribution in [2.24, 2.45) is 17.8 Å². The Hall–Kier alpha value is -2.08. The number of amides is 2. The molecular weight excluding hydrogens is 392 g/mol. The number of nitrogens with zero attached hydrogens (tertiary/aromatic N) is 2. The Morgan fingerprint density at radius 3 is 2.52 bits per heavy atom. The van der Waals surface area contributed by atoms with Crippen molar-refractivity contribution in [2.45, 2.75) is 45.4 Å². The van der Waals surface area contributed by atoms with Crippen LogP contribution in [0.1, 0.15) is 55.8 Å². The average Bonchev–Trinajstić information content (AvgIpc) is 2.83. The third kappa shape index (κ3) is 5.59. The Labute approximate surface area is 185 Å². The molecule has 6 nitrogen and oxygen atoms in total. The number of para-hydroxylation sites is 1. The van der Waals surface area contributed by atoms with Crippen LogP contribution >= 0.6 is 0 Å². The number of rotatable bonds is 5. The van der Waals surface area contributed by atoms with Crippen LogP contribution in [0.4, 0.5) is 0 Å². The number of carbonyl (C=O) groups excluding carboxylic acids is 2. The predicted molar refractivity (Wildman–Crippen MR) is 119 cm³/mol. The van der Waals surface area contributed by atoms with Gasteiger partial charge in [-0.2, -0.15) is 0 Å².